The van der Waals surface area contributed by atoms with Gasteiger partial charge in [0.2, 0.25) is 0 Å². The Morgan fingerprint density at radius 2 is 2.05 bits per heavy atom. The van der Waals surface area contributed by atoms with E-state index in [-0.39, 0.29) is 5.82 Å². The third kappa shape index (κ3) is 2.26. The van der Waals surface area contributed by atoms with E-state index in [2.05, 4.69) is 18.3 Å². The summed E-state index contributed by atoms with van der Waals surface area (Å²) in [6.45, 7) is 4.76. The summed E-state index contributed by atoms with van der Waals surface area (Å²) in [6, 6.07) is 5.54. The fourth-order valence-electron chi connectivity index (χ4n) is 3.19. The lowest BCUT2D eigenvalue weighted by Crippen LogP contribution is -2.04. The molecule has 0 bridgehead atoms. The monoisotopic (exact) mass is 272 g/mol. The molecule has 2 aromatic rings. The fraction of sp³-hybridized carbons (Fsp3) is 0.471. The minimum Gasteiger partial charge on any atom is -0.385 e. The van der Waals surface area contributed by atoms with Crippen LogP contribution < -0.4 is 5.32 Å². The molecule has 1 fully saturated rings. The van der Waals surface area contributed by atoms with Crippen LogP contribution in [0.4, 0.5) is 10.1 Å². The van der Waals surface area contributed by atoms with Gasteiger partial charge in [0, 0.05) is 34.8 Å². The Morgan fingerprint density at radius 1 is 1.30 bits per heavy atom. The quantitative estimate of drug-likeness (QED) is 0.870. The minimum atomic E-state index is -0.170. The van der Waals surface area contributed by atoms with Gasteiger partial charge in [-0.25, -0.2) is 4.39 Å². The normalized spacial score (nSPS) is 15.9. The molecule has 1 aromatic carbocycles. The molecular weight excluding hydrogens is 251 g/mol. The number of aromatic nitrogens is 1. The first kappa shape index (κ1) is 13.3. The van der Waals surface area contributed by atoms with Gasteiger partial charge >= 0.3 is 0 Å². The van der Waals surface area contributed by atoms with E-state index in [1.165, 1.54) is 31.7 Å². The van der Waals surface area contributed by atoms with E-state index < -0.39 is 0 Å². The summed E-state index contributed by atoms with van der Waals surface area (Å²) < 4.78 is 13.8. The second-order valence-corrected chi connectivity index (χ2v) is 5.67. The molecular formula is C17H21FN2. The zero-order valence-corrected chi connectivity index (χ0v) is 12.2. The van der Waals surface area contributed by atoms with Gasteiger partial charge in [0.25, 0.3) is 0 Å². The largest absolute Gasteiger partial charge is 0.385 e. The molecule has 0 spiro atoms. The molecule has 0 radical (unpaired) electrons. The molecule has 2 nitrogen and oxygen atoms in total. The highest BCUT2D eigenvalue weighted by atomic mass is 19.1. The summed E-state index contributed by atoms with van der Waals surface area (Å²) in [5, 5.41) is 4.42. The van der Waals surface area contributed by atoms with Gasteiger partial charge in [-0.1, -0.05) is 12.8 Å². The van der Waals surface area contributed by atoms with E-state index in [1.807, 2.05) is 13.0 Å². The first-order valence-electron chi connectivity index (χ1n) is 7.54. The number of halogens is 1. The van der Waals surface area contributed by atoms with Crippen molar-refractivity contribution in [3.8, 4) is 0 Å². The molecule has 0 unspecified atom stereocenters. The second kappa shape index (κ2) is 5.39. The molecule has 1 aliphatic carbocycles. The molecule has 0 aliphatic heterocycles. The van der Waals surface area contributed by atoms with E-state index in [9.17, 15) is 4.39 Å². The Balaban J connectivity index is 2.19. The zero-order chi connectivity index (χ0) is 14.1. The number of anilines is 1. The van der Waals surface area contributed by atoms with Gasteiger partial charge < -0.3 is 5.32 Å². The predicted molar refractivity (Wildman–Crippen MR) is 81.8 cm³/mol. The highest BCUT2D eigenvalue weighted by molar-refractivity contribution is 5.93. The first-order chi connectivity index (χ1) is 9.70. The van der Waals surface area contributed by atoms with Crippen molar-refractivity contribution in [1.29, 1.82) is 0 Å². The Hall–Kier alpha value is -1.64. The van der Waals surface area contributed by atoms with Crippen LogP contribution in [0.1, 0.15) is 49.8 Å². The SMILES string of the molecule is CCNc1cc(C2CCCC2)nc2c(C)c(F)ccc12. The van der Waals surface area contributed by atoms with Gasteiger partial charge in [-0.3, -0.25) is 4.98 Å². The summed E-state index contributed by atoms with van der Waals surface area (Å²) in [4.78, 5) is 4.78. The van der Waals surface area contributed by atoms with Crippen LogP contribution in [0, 0.1) is 12.7 Å². The van der Waals surface area contributed by atoms with E-state index in [0.717, 1.165) is 28.8 Å². The molecule has 1 heterocycles. The van der Waals surface area contributed by atoms with Gasteiger partial charge in [0.15, 0.2) is 0 Å². The van der Waals surface area contributed by atoms with Gasteiger partial charge in [0.05, 0.1) is 5.52 Å². The molecule has 20 heavy (non-hydrogen) atoms. The minimum absolute atomic E-state index is 0.170. The molecule has 1 aliphatic rings. The second-order valence-electron chi connectivity index (χ2n) is 5.67. The van der Waals surface area contributed by atoms with Crippen LogP contribution in [-0.2, 0) is 0 Å². The summed E-state index contributed by atoms with van der Waals surface area (Å²) in [6.07, 6.45) is 4.98. The predicted octanol–water partition coefficient (Wildman–Crippen LogP) is 4.77. The van der Waals surface area contributed by atoms with E-state index in [1.54, 1.807) is 0 Å². The lowest BCUT2D eigenvalue weighted by Gasteiger charge is -2.15. The van der Waals surface area contributed by atoms with Crippen molar-refractivity contribution in [2.75, 3.05) is 11.9 Å². The van der Waals surface area contributed by atoms with Crippen LogP contribution in [0.5, 0.6) is 0 Å². The molecule has 3 rings (SSSR count). The summed E-state index contributed by atoms with van der Waals surface area (Å²) in [5.41, 5.74) is 3.68. The van der Waals surface area contributed by atoms with Crippen molar-refractivity contribution < 1.29 is 4.39 Å². The number of hydrogen-bond acceptors (Lipinski definition) is 2. The Labute approximate surface area is 119 Å². The van der Waals surface area contributed by atoms with Crippen LogP contribution in [0.25, 0.3) is 10.9 Å². The third-order valence-corrected chi connectivity index (χ3v) is 4.33. The lowest BCUT2D eigenvalue weighted by atomic mass is 10.00. The van der Waals surface area contributed by atoms with Gasteiger partial charge in [0.1, 0.15) is 5.82 Å². The number of benzene rings is 1. The maximum Gasteiger partial charge on any atom is 0.128 e. The number of pyridine rings is 1. The number of rotatable bonds is 3. The Bertz CT molecular complexity index is 630. The van der Waals surface area contributed by atoms with E-state index in [0.29, 0.717) is 11.5 Å². The smallest absolute Gasteiger partial charge is 0.128 e. The average molecular weight is 272 g/mol. The number of aryl methyl sites for hydroxylation is 1. The highest BCUT2D eigenvalue weighted by Gasteiger charge is 2.20. The summed E-state index contributed by atoms with van der Waals surface area (Å²) >= 11 is 0. The molecule has 3 heteroatoms. The van der Waals surface area contributed by atoms with Gasteiger partial charge in [-0.15, -0.1) is 0 Å². The van der Waals surface area contributed by atoms with Gasteiger partial charge in [-0.2, -0.15) is 0 Å². The van der Waals surface area contributed by atoms with E-state index in [4.69, 9.17) is 4.98 Å². The molecule has 106 valence electrons. The van der Waals surface area contributed by atoms with Crippen LogP contribution in [0.15, 0.2) is 18.2 Å². The third-order valence-electron chi connectivity index (χ3n) is 4.33. The van der Waals surface area contributed by atoms with Crippen LogP contribution in [0.2, 0.25) is 0 Å². The molecule has 0 amide bonds. The van der Waals surface area contributed by atoms with Crippen LogP contribution in [-0.4, -0.2) is 11.5 Å². The fourth-order valence-corrected chi connectivity index (χ4v) is 3.19. The highest BCUT2D eigenvalue weighted by Crippen LogP contribution is 2.36. The maximum absolute atomic E-state index is 13.8. The van der Waals surface area contributed by atoms with E-state index >= 15 is 0 Å². The standard InChI is InChI=1S/C17H21FN2/c1-3-19-16-10-15(12-6-4-5-7-12)20-17-11(2)14(18)9-8-13(16)17/h8-10,12H,3-7H2,1-2H3,(H,19,20). The molecule has 0 atom stereocenters. The molecule has 1 N–H and O–H groups in total. The maximum atomic E-state index is 13.8. The zero-order valence-electron chi connectivity index (χ0n) is 12.2. The van der Waals surface area contributed by atoms with Crippen molar-refractivity contribution in [3.05, 3.63) is 35.3 Å². The summed E-state index contributed by atoms with van der Waals surface area (Å²) in [7, 11) is 0. The van der Waals surface area contributed by atoms with Crippen molar-refractivity contribution in [3.63, 3.8) is 0 Å². The van der Waals surface area contributed by atoms with Crippen LogP contribution >= 0.6 is 0 Å². The Morgan fingerprint density at radius 3 is 2.75 bits per heavy atom. The summed E-state index contributed by atoms with van der Waals surface area (Å²) in [5.74, 6) is 0.371. The number of fused-ring (bicyclic) bond motifs is 1. The molecule has 0 saturated heterocycles. The number of hydrogen-bond donors (Lipinski definition) is 1. The lowest BCUT2D eigenvalue weighted by molar-refractivity contribution is 0.620. The van der Waals surface area contributed by atoms with Gasteiger partial charge in [-0.05, 0) is 44.9 Å². The Kier molecular flexibility index (Phi) is 3.60. The van der Waals surface area contributed by atoms with Crippen molar-refractivity contribution in [2.24, 2.45) is 0 Å². The number of nitrogens with zero attached hydrogens (tertiary/aromatic N) is 1. The van der Waals surface area contributed by atoms with Crippen molar-refractivity contribution >= 4 is 16.6 Å². The first-order valence-corrected chi connectivity index (χ1v) is 7.54. The number of nitrogens with one attached hydrogen (secondary N) is 1. The average Bonchev–Trinajstić information content (AvgIpc) is 2.97. The molecule has 1 saturated carbocycles. The molecule has 1 aromatic heterocycles. The van der Waals surface area contributed by atoms with Crippen molar-refractivity contribution in [1.82, 2.24) is 4.98 Å². The van der Waals surface area contributed by atoms with Crippen LogP contribution in [0.3, 0.4) is 0 Å². The topological polar surface area (TPSA) is 24.9 Å². The van der Waals surface area contributed by atoms with Crippen molar-refractivity contribution in [2.45, 2.75) is 45.4 Å².